The molecule has 0 radical (unpaired) electrons. The van der Waals surface area contributed by atoms with E-state index in [9.17, 15) is 9.59 Å². The first-order valence-corrected chi connectivity index (χ1v) is 13.1. The molecule has 1 aromatic heterocycles. The van der Waals surface area contributed by atoms with E-state index in [0.717, 1.165) is 6.42 Å². The Bertz CT molecular complexity index is 1200. The summed E-state index contributed by atoms with van der Waals surface area (Å²) in [6.07, 6.45) is 2.39. The summed E-state index contributed by atoms with van der Waals surface area (Å²) < 4.78 is 13.1. The normalized spacial score (nSPS) is 18.3. The van der Waals surface area contributed by atoms with Crippen LogP contribution in [0.5, 0.6) is 5.75 Å². The Kier molecular flexibility index (Phi) is 6.46. The third kappa shape index (κ3) is 4.41. The number of benzene rings is 2. The molecule has 1 unspecified atom stereocenters. The average molecular weight is 528 g/mol. The molecule has 3 aromatic rings. The molecule has 0 spiro atoms. The van der Waals surface area contributed by atoms with Crippen LogP contribution in [0.3, 0.4) is 0 Å². The van der Waals surface area contributed by atoms with E-state index >= 15 is 0 Å². The van der Waals surface area contributed by atoms with E-state index in [-0.39, 0.29) is 28.9 Å². The zero-order chi connectivity index (χ0) is 22.8. The molecule has 0 bridgehead atoms. The van der Waals surface area contributed by atoms with Crippen LogP contribution >= 0.6 is 12.9 Å². The van der Waals surface area contributed by atoms with Crippen molar-refractivity contribution in [3.63, 3.8) is 0 Å². The first-order chi connectivity index (χ1) is 16.2. The van der Waals surface area contributed by atoms with Gasteiger partial charge >= 0.3 is 96.4 Å². The average Bonchev–Trinajstić information content (AvgIpc) is 3.04. The SMILES string of the molecule is O=C1c2c(OS)c(=O)ccn2NC2COCCN12.c1ccc2c(c1)C[Se]c1ccccc1C2. The van der Waals surface area contributed by atoms with Crippen LogP contribution in [0, 0.1) is 0 Å². The molecular formula is C24H23N3O4SSe. The second kappa shape index (κ2) is 9.65. The molecule has 4 heterocycles. The molecule has 7 nitrogen and oxygen atoms in total. The number of fused-ring (bicyclic) bond motifs is 4. The molecule has 6 rings (SSSR count). The Morgan fingerprint density at radius 3 is 2.61 bits per heavy atom. The molecule has 9 heteroatoms. The van der Waals surface area contributed by atoms with Crippen molar-refractivity contribution in [1.29, 1.82) is 0 Å². The quantitative estimate of drug-likeness (QED) is 0.285. The summed E-state index contributed by atoms with van der Waals surface area (Å²) in [5.74, 6) is -0.327. The van der Waals surface area contributed by atoms with Gasteiger partial charge in [-0.05, 0) is 0 Å². The van der Waals surface area contributed by atoms with Gasteiger partial charge in [0.05, 0.1) is 13.2 Å². The number of aromatic nitrogens is 1. The van der Waals surface area contributed by atoms with Gasteiger partial charge in [-0.3, -0.25) is 14.3 Å². The fraction of sp³-hybridized carbons (Fsp3) is 0.250. The fourth-order valence-electron chi connectivity index (χ4n) is 4.19. The molecule has 1 saturated heterocycles. The van der Waals surface area contributed by atoms with Crippen LogP contribution in [-0.4, -0.2) is 56.4 Å². The number of nitrogens with one attached hydrogen (secondary N) is 1. The van der Waals surface area contributed by atoms with Crippen molar-refractivity contribution >= 4 is 38.2 Å². The van der Waals surface area contributed by atoms with Crippen molar-refractivity contribution in [2.45, 2.75) is 17.9 Å². The summed E-state index contributed by atoms with van der Waals surface area (Å²) >= 11 is 4.25. The van der Waals surface area contributed by atoms with Gasteiger partial charge in [-0.1, -0.05) is 0 Å². The molecule has 1 amide bonds. The minimum atomic E-state index is -0.377. The predicted molar refractivity (Wildman–Crippen MR) is 130 cm³/mol. The summed E-state index contributed by atoms with van der Waals surface area (Å²) in [7, 11) is 0. The number of hydrogen-bond donors (Lipinski definition) is 2. The molecule has 1 atom stereocenters. The standard InChI is InChI=1S/C14H12Se.C10H11N3O4S/c1-2-7-13-10-15-14-8-4-3-6-12(14)9-11(13)5-1;14-6-1-2-13-8(9(6)17-18)10(15)12-3-4-16-5-7(12)11-13/h1-8H,9-10H2;1-2,7,11,18H,3-5H2. The Balaban J connectivity index is 0.000000140. The summed E-state index contributed by atoms with van der Waals surface area (Å²) in [5.41, 5.74) is 7.46. The monoisotopic (exact) mass is 529 g/mol. The van der Waals surface area contributed by atoms with Gasteiger partial charge < -0.3 is 19.2 Å². The Morgan fingerprint density at radius 1 is 1.03 bits per heavy atom. The number of rotatable bonds is 1. The van der Waals surface area contributed by atoms with Gasteiger partial charge in [-0.15, -0.1) is 0 Å². The minimum absolute atomic E-state index is 0.0664. The molecule has 3 aliphatic heterocycles. The van der Waals surface area contributed by atoms with Crippen LogP contribution in [0.25, 0.3) is 0 Å². The number of ether oxygens (including phenoxy) is 1. The van der Waals surface area contributed by atoms with Crippen molar-refractivity contribution in [1.82, 2.24) is 9.58 Å². The van der Waals surface area contributed by atoms with E-state index in [0.29, 0.717) is 34.7 Å². The predicted octanol–water partition coefficient (Wildman–Crippen LogP) is 1.55. The second-order valence-corrected chi connectivity index (χ2v) is 10.2. The number of thiol groups is 1. The van der Waals surface area contributed by atoms with Crippen LogP contribution < -0.4 is 19.5 Å². The number of pyridine rings is 1. The zero-order valence-corrected chi connectivity index (χ0v) is 20.4. The van der Waals surface area contributed by atoms with Gasteiger partial charge in [0.15, 0.2) is 5.69 Å². The van der Waals surface area contributed by atoms with Gasteiger partial charge in [-0.2, -0.15) is 0 Å². The van der Waals surface area contributed by atoms with E-state index in [1.54, 1.807) is 14.9 Å². The molecule has 1 N–H and O–H groups in total. The Morgan fingerprint density at radius 2 is 1.79 bits per heavy atom. The van der Waals surface area contributed by atoms with Crippen molar-refractivity contribution in [3.05, 3.63) is 93.4 Å². The zero-order valence-electron chi connectivity index (χ0n) is 17.8. The maximum atomic E-state index is 12.3. The molecule has 0 saturated carbocycles. The molecule has 2 aromatic carbocycles. The van der Waals surface area contributed by atoms with Crippen molar-refractivity contribution < 1.29 is 13.7 Å². The topological polar surface area (TPSA) is 72.8 Å². The van der Waals surface area contributed by atoms with E-state index in [4.69, 9.17) is 8.92 Å². The third-order valence-electron chi connectivity index (χ3n) is 5.88. The molecule has 170 valence electrons. The van der Waals surface area contributed by atoms with Crippen LogP contribution in [0.15, 0.2) is 65.6 Å². The van der Waals surface area contributed by atoms with E-state index in [2.05, 4.69) is 66.9 Å². The van der Waals surface area contributed by atoms with Crippen molar-refractivity contribution in [2.24, 2.45) is 0 Å². The van der Waals surface area contributed by atoms with Gasteiger partial charge in [-0.25, -0.2) is 0 Å². The molecule has 3 aliphatic rings. The molecule has 33 heavy (non-hydrogen) atoms. The number of morpholine rings is 1. The van der Waals surface area contributed by atoms with Crippen LogP contribution in [-0.2, 0) is 16.5 Å². The summed E-state index contributed by atoms with van der Waals surface area (Å²) in [6, 6.07) is 19.1. The molecular weight excluding hydrogens is 505 g/mol. The van der Waals surface area contributed by atoms with Gasteiger partial charge in [0, 0.05) is 31.7 Å². The van der Waals surface area contributed by atoms with E-state index in [1.165, 1.54) is 33.4 Å². The summed E-state index contributed by atoms with van der Waals surface area (Å²) in [4.78, 5) is 25.6. The van der Waals surface area contributed by atoms with Crippen LogP contribution in [0.1, 0.15) is 27.2 Å². The number of carbonyl (C=O) groups excluding carboxylic acids is 1. The van der Waals surface area contributed by atoms with Gasteiger partial charge in [0.2, 0.25) is 11.2 Å². The number of hydrogen-bond acceptors (Lipinski definition) is 6. The molecule has 0 aliphatic carbocycles. The maximum absolute atomic E-state index is 12.3. The number of nitrogens with zero attached hydrogens (tertiary/aromatic N) is 2. The van der Waals surface area contributed by atoms with Crippen LogP contribution in [0.2, 0.25) is 0 Å². The second-order valence-electron chi connectivity index (χ2n) is 7.88. The Labute approximate surface area is 203 Å². The van der Waals surface area contributed by atoms with Crippen molar-refractivity contribution in [3.8, 4) is 5.75 Å². The summed E-state index contributed by atoms with van der Waals surface area (Å²) in [5, 5.41) is 1.25. The Hall–Kier alpha value is -2.71. The van der Waals surface area contributed by atoms with Gasteiger partial charge in [0.1, 0.15) is 6.17 Å². The van der Waals surface area contributed by atoms with E-state index < -0.39 is 0 Å². The van der Waals surface area contributed by atoms with E-state index in [1.807, 2.05) is 0 Å². The van der Waals surface area contributed by atoms with Gasteiger partial charge in [0.25, 0.3) is 5.91 Å². The number of carbonyl (C=O) groups is 1. The number of amides is 1. The fourth-order valence-corrected chi connectivity index (χ4v) is 6.66. The molecule has 1 fully saturated rings. The first-order valence-electron chi connectivity index (χ1n) is 10.7. The third-order valence-corrected chi connectivity index (χ3v) is 8.51. The van der Waals surface area contributed by atoms with Crippen molar-refractivity contribution in [2.75, 3.05) is 25.2 Å². The first kappa shape index (κ1) is 22.1. The summed E-state index contributed by atoms with van der Waals surface area (Å²) in [6.45, 7) is 1.37. The van der Waals surface area contributed by atoms with Crippen LogP contribution in [0.4, 0.5) is 0 Å².